The van der Waals surface area contributed by atoms with E-state index in [1.807, 2.05) is 6.92 Å². The Hall–Kier alpha value is -4.08. The highest BCUT2D eigenvalue weighted by Gasteiger charge is 2.33. The van der Waals surface area contributed by atoms with Gasteiger partial charge in [0.15, 0.2) is 0 Å². The molecule has 1 N–H and O–H groups in total. The first kappa shape index (κ1) is 24.6. The number of allylic oxidation sites excluding steroid dienone is 2. The van der Waals surface area contributed by atoms with Crippen molar-refractivity contribution in [2.75, 3.05) is 5.32 Å². The van der Waals surface area contributed by atoms with Crippen molar-refractivity contribution >= 4 is 17.4 Å². The second-order valence-electron chi connectivity index (χ2n) is 7.29. The number of hydrogen-bond acceptors (Lipinski definition) is 5. The number of anilines is 1. The number of aromatic nitrogens is 4. The lowest BCUT2D eigenvalue weighted by molar-refractivity contribution is -0.141. The number of pyridine rings is 2. The van der Waals surface area contributed by atoms with Gasteiger partial charge in [-0.05, 0) is 51.1 Å². The minimum absolute atomic E-state index is 0.0774. The lowest BCUT2D eigenvalue weighted by Crippen LogP contribution is -2.21. The van der Waals surface area contributed by atoms with E-state index in [0.717, 1.165) is 17.8 Å². The Balaban J connectivity index is 1.76. The lowest BCUT2D eigenvalue weighted by atomic mass is 10.1. The van der Waals surface area contributed by atoms with Gasteiger partial charge in [-0.15, -0.1) is 0 Å². The number of nitrogens with one attached hydrogen (secondary N) is 1. The summed E-state index contributed by atoms with van der Waals surface area (Å²) in [5.41, 5.74) is 1.58. The van der Waals surface area contributed by atoms with Crippen LogP contribution in [0.15, 0.2) is 66.6 Å². The molecular weight excluding hydrogens is 445 g/mol. The third kappa shape index (κ3) is 5.64. The Bertz CT molecular complexity index is 1260. The molecule has 0 saturated heterocycles. The molecule has 3 aromatic rings. The standard InChI is InChI=1S/C24H23F3N6O/c1-5-10-28-19(6-2)18-7-8-21(30-13-18)32-22(34)14-33-15(3)23(31-16(33)4)17-9-11-29-20(12-17)24(25,26)27/h5-13H,2,14H2,1,3-4H3,(H,30,32,34)/b10-5-,28-19+. The molecule has 0 fully saturated rings. The summed E-state index contributed by atoms with van der Waals surface area (Å²) in [5, 5.41) is 2.71. The number of imidazole rings is 1. The average molecular weight is 468 g/mol. The van der Waals surface area contributed by atoms with E-state index in [9.17, 15) is 18.0 Å². The molecular formula is C24H23F3N6O. The van der Waals surface area contributed by atoms with E-state index in [1.165, 1.54) is 6.07 Å². The molecule has 10 heteroatoms. The minimum Gasteiger partial charge on any atom is -0.322 e. The third-order valence-electron chi connectivity index (χ3n) is 4.92. The van der Waals surface area contributed by atoms with Crippen LogP contribution in [-0.4, -0.2) is 31.1 Å². The number of carbonyl (C=O) groups is 1. The summed E-state index contributed by atoms with van der Waals surface area (Å²) in [6.45, 7) is 8.89. The second kappa shape index (κ2) is 10.2. The van der Waals surface area contributed by atoms with Crippen LogP contribution in [0.1, 0.15) is 29.7 Å². The molecule has 1 amide bonds. The highest BCUT2D eigenvalue weighted by Crippen LogP contribution is 2.31. The van der Waals surface area contributed by atoms with Crippen LogP contribution in [0.2, 0.25) is 0 Å². The summed E-state index contributed by atoms with van der Waals surface area (Å²) in [7, 11) is 0. The third-order valence-corrected chi connectivity index (χ3v) is 4.92. The van der Waals surface area contributed by atoms with E-state index >= 15 is 0 Å². The number of aryl methyl sites for hydroxylation is 1. The first-order valence-corrected chi connectivity index (χ1v) is 10.3. The molecule has 0 aromatic carbocycles. The minimum atomic E-state index is -4.56. The van der Waals surface area contributed by atoms with Crippen molar-refractivity contribution in [1.82, 2.24) is 19.5 Å². The molecule has 0 spiro atoms. The molecule has 34 heavy (non-hydrogen) atoms. The zero-order valence-electron chi connectivity index (χ0n) is 18.9. The van der Waals surface area contributed by atoms with E-state index in [2.05, 4.69) is 31.8 Å². The van der Waals surface area contributed by atoms with Crippen LogP contribution in [-0.2, 0) is 17.5 Å². The highest BCUT2D eigenvalue weighted by atomic mass is 19.4. The van der Waals surface area contributed by atoms with Crippen molar-refractivity contribution in [2.45, 2.75) is 33.5 Å². The number of halogens is 3. The van der Waals surface area contributed by atoms with Crippen LogP contribution >= 0.6 is 0 Å². The molecule has 7 nitrogen and oxygen atoms in total. The Morgan fingerprint density at radius 3 is 2.62 bits per heavy atom. The van der Waals surface area contributed by atoms with Crippen LogP contribution in [0, 0.1) is 13.8 Å². The highest BCUT2D eigenvalue weighted by molar-refractivity contribution is 6.08. The fourth-order valence-corrected chi connectivity index (χ4v) is 3.26. The molecule has 3 heterocycles. The van der Waals surface area contributed by atoms with Gasteiger partial charge in [-0.3, -0.25) is 14.8 Å². The fraction of sp³-hybridized carbons (Fsp3) is 0.208. The normalized spacial score (nSPS) is 12.2. The van der Waals surface area contributed by atoms with Gasteiger partial charge in [-0.25, -0.2) is 9.97 Å². The van der Waals surface area contributed by atoms with Gasteiger partial charge in [0.1, 0.15) is 23.9 Å². The molecule has 0 aliphatic carbocycles. The molecule has 3 rings (SSSR count). The summed E-state index contributed by atoms with van der Waals surface area (Å²) in [6, 6.07) is 5.81. The van der Waals surface area contributed by atoms with Crippen LogP contribution in [0.25, 0.3) is 11.3 Å². The zero-order valence-corrected chi connectivity index (χ0v) is 18.9. The summed E-state index contributed by atoms with van der Waals surface area (Å²) in [6.07, 6.45) is 3.16. The van der Waals surface area contributed by atoms with Crippen LogP contribution < -0.4 is 5.32 Å². The van der Waals surface area contributed by atoms with Gasteiger partial charge in [-0.2, -0.15) is 13.2 Å². The van der Waals surface area contributed by atoms with E-state index in [0.29, 0.717) is 28.7 Å². The Kier molecular flexibility index (Phi) is 7.40. The number of aliphatic imine (C=N–C) groups is 1. The van der Waals surface area contributed by atoms with Gasteiger partial charge in [0.05, 0.1) is 11.4 Å². The quantitative estimate of drug-likeness (QED) is 0.488. The Labute approximate surface area is 194 Å². The number of carbonyl (C=O) groups excluding carboxylic acids is 1. The van der Waals surface area contributed by atoms with Crippen molar-refractivity contribution in [2.24, 2.45) is 4.99 Å². The Morgan fingerprint density at radius 1 is 1.24 bits per heavy atom. The van der Waals surface area contributed by atoms with Gasteiger partial charge >= 0.3 is 6.18 Å². The molecule has 3 aromatic heterocycles. The maximum Gasteiger partial charge on any atom is 0.433 e. The molecule has 0 atom stereocenters. The molecule has 0 aliphatic rings. The van der Waals surface area contributed by atoms with E-state index in [1.54, 1.807) is 55.1 Å². The van der Waals surface area contributed by atoms with Crippen LogP contribution in [0.5, 0.6) is 0 Å². The summed E-state index contributed by atoms with van der Waals surface area (Å²) < 4.78 is 40.7. The first-order chi connectivity index (χ1) is 16.1. The number of amides is 1. The van der Waals surface area contributed by atoms with E-state index in [-0.39, 0.29) is 18.0 Å². The molecule has 0 radical (unpaired) electrons. The maximum atomic E-state index is 13.0. The Morgan fingerprint density at radius 2 is 2.00 bits per heavy atom. The van der Waals surface area contributed by atoms with Crippen LogP contribution in [0.3, 0.4) is 0 Å². The maximum absolute atomic E-state index is 13.0. The van der Waals surface area contributed by atoms with Crippen molar-refractivity contribution in [3.8, 4) is 11.3 Å². The topological polar surface area (TPSA) is 85.1 Å². The van der Waals surface area contributed by atoms with E-state index < -0.39 is 11.9 Å². The predicted molar refractivity (Wildman–Crippen MR) is 124 cm³/mol. The van der Waals surface area contributed by atoms with E-state index in [4.69, 9.17) is 0 Å². The van der Waals surface area contributed by atoms with Crippen molar-refractivity contribution in [3.63, 3.8) is 0 Å². The summed E-state index contributed by atoms with van der Waals surface area (Å²) >= 11 is 0. The van der Waals surface area contributed by atoms with Crippen molar-refractivity contribution < 1.29 is 18.0 Å². The monoisotopic (exact) mass is 468 g/mol. The van der Waals surface area contributed by atoms with Gasteiger partial charge < -0.3 is 9.88 Å². The molecule has 0 aliphatic heterocycles. The van der Waals surface area contributed by atoms with Gasteiger partial charge in [0.2, 0.25) is 5.91 Å². The van der Waals surface area contributed by atoms with Gasteiger partial charge in [0.25, 0.3) is 0 Å². The number of alkyl halides is 3. The van der Waals surface area contributed by atoms with Gasteiger partial charge in [-0.1, -0.05) is 12.7 Å². The number of rotatable bonds is 7. The second-order valence-corrected chi connectivity index (χ2v) is 7.29. The van der Waals surface area contributed by atoms with Crippen LogP contribution in [0.4, 0.5) is 19.0 Å². The SMILES string of the molecule is C=C/C(=N\C=C/C)c1ccc(NC(=O)Cn2c(C)nc(-c3ccnc(C(F)(F)F)c3)c2C)nc1. The zero-order chi connectivity index (χ0) is 24.9. The first-order valence-electron chi connectivity index (χ1n) is 10.3. The largest absolute Gasteiger partial charge is 0.433 e. The molecule has 0 unspecified atom stereocenters. The average Bonchev–Trinajstić information content (AvgIpc) is 3.08. The van der Waals surface area contributed by atoms with Crippen molar-refractivity contribution in [1.29, 1.82) is 0 Å². The lowest BCUT2D eigenvalue weighted by Gasteiger charge is -2.10. The molecule has 0 saturated carbocycles. The smallest absolute Gasteiger partial charge is 0.322 e. The number of hydrogen-bond donors (Lipinski definition) is 1. The molecule has 176 valence electrons. The molecule has 0 bridgehead atoms. The van der Waals surface area contributed by atoms with Crippen molar-refractivity contribution in [3.05, 3.63) is 84.4 Å². The number of nitrogens with zero attached hydrogens (tertiary/aromatic N) is 5. The summed E-state index contributed by atoms with van der Waals surface area (Å²) in [5.74, 6) is 0.488. The fourth-order valence-electron chi connectivity index (χ4n) is 3.26. The summed E-state index contributed by atoms with van der Waals surface area (Å²) in [4.78, 5) is 28.9. The predicted octanol–water partition coefficient (Wildman–Crippen LogP) is 5.12. The van der Waals surface area contributed by atoms with Gasteiger partial charge in [0, 0.05) is 35.4 Å².